The number of furan rings is 1. The van der Waals surface area contributed by atoms with Crippen LogP contribution in [0.5, 0.6) is 0 Å². The van der Waals surface area contributed by atoms with E-state index in [9.17, 15) is 9.59 Å². The number of anilines is 1. The molecule has 0 aliphatic carbocycles. The Hall–Kier alpha value is -2.56. The molecule has 0 saturated heterocycles. The fraction of sp³-hybridized carbons (Fsp3) is 0.294. The summed E-state index contributed by atoms with van der Waals surface area (Å²) in [6.07, 6.45) is 2.49. The summed E-state index contributed by atoms with van der Waals surface area (Å²) in [5.74, 6) is 0.276. The molecule has 1 aromatic carbocycles. The van der Waals surface area contributed by atoms with Crippen LogP contribution in [0.4, 0.5) is 5.69 Å². The Bertz CT molecular complexity index is 618. The van der Waals surface area contributed by atoms with Crippen molar-refractivity contribution in [2.24, 2.45) is 0 Å². The fourth-order valence-electron chi connectivity index (χ4n) is 2.09. The van der Waals surface area contributed by atoms with Gasteiger partial charge in [0.25, 0.3) is 0 Å². The molecule has 0 radical (unpaired) electrons. The summed E-state index contributed by atoms with van der Waals surface area (Å²) in [6.45, 7) is 3.82. The summed E-state index contributed by atoms with van der Waals surface area (Å²) >= 11 is 0. The lowest BCUT2D eigenvalue weighted by Gasteiger charge is -2.20. The summed E-state index contributed by atoms with van der Waals surface area (Å²) in [5, 5.41) is 2.74. The molecule has 0 fully saturated rings. The minimum Gasteiger partial charge on any atom is -0.467 e. The molecule has 5 nitrogen and oxygen atoms in total. The summed E-state index contributed by atoms with van der Waals surface area (Å²) in [4.78, 5) is 25.3. The van der Waals surface area contributed by atoms with Crippen LogP contribution in [0.2, 0.25) is 0 Å². The third kappa shape index (κ3) is 4.22. The van der Waals surface area contributed by atoms with Crippen LogP contribution in [0, 0.1) is 0 Å². The first-order chi connectivity index (χ1) is 10.6. The van der Waals surface area contributed by atoms with Gasteiger partial charge in [0.05, 0.1) is 12.8 Å². The van der Waals surface area contributed by atoms with Gasteiger partial charge >= 0.3 is 0 Å². The molecular weight excluding hydrogens is 280 g/mol. The predicted molar refractivity (Wildman–Crippen MR) is 84.4 cm³/mol. The fourth-order valence-corrected chi connectivity index (χ4v) is 2.09. The zero-order valence-electron chi connectivity index (χ0n) is 12.8. The average Bonchev–Trinajstić information content (AvgIpc) is 3.04. The molecular formula is C17H20N2O3. The number of nitrogens with zero attached hydrogens (tertiary/aromatic N) is 1. The number of rotatable bonds is 6. The molecule has 5 heteroatoms. The van der Waals surface area contributed by atoms with Crippen molar-refractivity contribution in [3.8, 4) is 0 Å². The maximum atomic E-state index is 12.0. The van der Waals surface area contributed by atoms with Crippen LogP contribution in [0.15, 0.2) is 47.1 Å². The van der Waals surface area contributed by atoms with E-state index in [1.807, 2.05) is 24.3 Å². The SMILES string of the molecule is CCc1ccc(N(CC(=O)NCc2ccco2)C(C)=O)cc1. The molecule has 1 N–H and O–H groups in total. The van der Waals surface area contributed by atoms with Crippen molar-refractivity contribution in [2.45, 2.75) is 26.8 Å². The van der Waals surface area contributed by atoms with Crippen molar-refractivity contribution in [3.05, 3.63) is 54.0 Å². The van der Waals surface area contributed by atoms with Crippen LogP contribution in [0.3, 0.4) is 0 Å². The van der Waals surface area contributed by atoms with E-state index in [2.05, 4.69) is 12.2 Å². The molecule has 2 amide bonds. The molecule has 0 spiro atoms. The Labute approximate surface area is 129 Å². The lowest BCUT2D eigenvalue weighted by molar-refractivity contribution is -0.123. The molecule has 0 aliphatic rings. The van der Waals surface area contributed by atoms with E-state index >= 15 is 0 Å². The predicted octanol–water partition coefficient (Wildman–Crippen LogP) is 2.51. The molecule has 1 heterocycles. The van der Waals surface area contributed by atoms with Crippen molar-refractivity contribution in [1.82, 2.24) is 5.32 Å². The van der Waals surface area contributed by atoms with Crippen molar-refractivity contribution < 1.29 is 14.0 Å². The number of carbonyl (C=O) groups excluding carboxylic acids is 2. The Morgan fingerprint density at radius 3 is 2.45 bits per heavy atom. The largest absolute Gasteiger partial charge is 0.467 e. The Balaban J connectivity index is 1.98. The van der Waals surface area contributed by atoms with Crippen LogP contribution in [-0.4, -0.2) is 18.4 Å². The topological polar surface area (TPSA) is 62.6 Å². The number of amides is 2. The van der Waals surface area contributed by atoms with E-state index in [-0.39, 0.29) is 18.4 Å². The Morgan fingerprint density at radius 1 is 1.18 bits per heavy atom. The first-order valence-corrected chi connectivity index (χ1v) is 7.26. The van der Waals surface area contributed by atoms with Crippen molar-refractivity contribution >= 4 is 17.5 Å². The number of benzene rings is 1. The molecule has 2 rings (SSSR count). The van der Waals surface area contributed by atoms with E-state index < -0.39 is 0 Å². The van der Waals surface area contributed by atoms with E-state index in [0.717, 1.165) is 12.1 Å². The van der Waals surface area contributed by atoms with E-state index in [4.69, 9.17) is 4.42 Å². The molecule has 0 saturated carbocycles. The highest BCUT2D eigenvalue weighted by Crippen LogP contribution is 2.15. The minimum absolute atomic E-state index is 0.0124. The highest BCUT2D eigenvalue weighted by Gasteiger charge is 2.15. The van der Waals surface area contributed by atoms with Gasteiger partial charge in [0.15, 0.2) is 0 Å². The first kappa shape index (κ1) is 15.8. The smallest absolute Gasteiger partial charge is 0.240 e. The molecule has 1 aromatic heterocycles. The number of hydrogen-bond acceptors (Lipinski definition) is 3. The van der Waals surface area contributed by atoms with Gasteiger partial charge in [-0.1, -0.05) is 19.1 Å². The zero-order chi connectivity index (χ0) is 15.9. The van der Waals surface area contributed by atoms with Gasteiger partial charge in [-0.3, -0.25) is 9.59 Å². The summed E-state index contributed by atoms with van der Waals surface area (Å²) in [6, 6.07) is 11.2. The summed E-state index contributed by atoms with van der Waals surface area (Å²) < 4.78 is 5.15. The Morgan fingerprint density at radius 2 is 1.91 bits per heavy atom. The van der Waals surface area contributed by atoms with Crippen molar-refractivity contribution in [1.29, 1.82) is 0 Å². The van der Waals surface area contributed by atoms with Crippen LogP contribution < -0.4 is 10.2 Å². The van der Waals surface area contributed by atoms with Gasteiger partial charge in [-0.2, -0.15) is 0 Å². The second kappa shape index (κ2) is 7.45. The third-order valence-electron chi connectivity index (χ3n) is 3.38. The minimum atomic E-state index is -0.230. The zero-order valence-corrected chi connectivity index (χ0v) is 12.8. The molecule has 2 aromatic rings. The van der Waals surface area contributed by atoms with Gasteiger partial charge in [0, 0.05) is 12.6 Å². The van der Waals surface area contributed by atoms with Gasteiger partial charge in [-0.25, -0.2) is 0 Å². The number of aryl methyl sites for hydroxylation is 1. The first-order valence-electron chi connectivity index (χ1n) is 7.26. The van der Waals surface area contributed by atoms with Crippen LogP contribution >= 0.6 is 0 Å². The van der Waals surface area contributed by atoms with E-state index in [1.54, 1.807) is 18.4 Å². The van der Waals surface area contributed by atoms with E-state index in [1.165, 1.54) is 17.4 Å². The normalized spacial score (nSPS) is 10.3. The summed E-state index contributed by atoms with van der Waals surface area (Å²) in [7, 11) is 0. The van der Waals surface area contributed by atoms with Crippen LogP contribution in [0.1, 0.15) is 25.2 Å². The second-order valence-electron chi connectivity index (χ2n) is 4.98. The Kier molecular flexibility index (Phi) is 5.36. The van der Waals surface area contributed by atoms with Gasteiger partial charge in [-0.15, -0.1) is 0 Å². The third-order valence-corrected chi connectivity index (χ3v) is 3.38. The van der Waals surface area contributed by atoms with Gasteiger partial charge < -0.3 is 14.6 Å². The van der Waals surface area contributed by atoms with Crippen molar-refractivity contribution in [3.63, 3.8) is 0 Å². The average molecular weight is 300 g/mol. The maximum absolute atomic E-state index is 12.0. The summed E-state index contributed by atoms with van der Waals surface area (Å²) in [5.41, 5.74) is 1.91. The van der Waals surface area contributed by atoms with E-state index in [0.29, 0.717) is 12.3 Å². The quantitative estimate of drug-likeness (QED) is 0.891. The standard InChI is InChI=1S/C17H20N2O3/c1-3-14-6-8-15(9-7-14)19(13(2)20)12-17(21)18-11-16-5-4-10-22-16/h4-10H,3,11-12H2,1-2H3,(H,18,21). The van der Waals surface area contributed by atoms with Gasteiger partial charge in [-0.05, 0) is 36.2 Å². The molecule has 22 heavy (non-hydrogen) atoms. The number of hydrogen-bond donors (Lipinski definition) is 1. The molecule has 0 unspecified atom stereocenters. The van der Waals surface area contributed by atoms with Gasteiger partial charge in [0.1, 0.15) is 12.3 Å². The second-order valence-corrected chi connectivity index (χ2v) is 4.98. The molecule has 0 aliphatic heterocycles. The lowest BCUT2D eigenvalue weighted by Crippen LogP contribution is -2.39. The molecule has 0 bridgehead atoms. The highest BCUT2D eigenvalue weighted by molar-refractivity contribution is 5.97. The maximum Gasteiger partial charge on any atom is 0.240 e. The van der Waals surface area contributed by atoms with Crippen LogP contribution in [0.25, 0.3) is 0 Å². The highest BCUT2D eigenvalue weighted by atomic mass is 16.3. The van der Waals surface area contributed by atoms with Crippen molar-refractivity contribution in [2.75, 3.05) is 11.4 Å². The number of carbonyl (C=O) groups is 2. The molecule has 116 valence electrons. The van der Waals surface area contributed by atoms with Gasteiger partial charge in [0.2, 0.25) is 11.8 Å². The van der Waals surface area contributed by atoms with Crippen LogP contribution in [-0.2, 0) is 22.6 Å². The monoisotopic (exact) mass is 300 g/mol. The molecule has 0 atom stereocenters. The number of nitrogens with one attached hydrogen (secondary N) is 1. The lowest BCUT2D eigenvalue weighted by atomic mass is 10.1.